The number of aromatic nitrogens is 3. The van der Waals surface area contributed by atoms with Crippen LogP contribution in [0.25, 0.3) is 0 Å². The number of rotatable bonds is 6. The molecule has 0 N–H and O–H groups in total. The first-order valence-electron chi connectivity index (χ1n) is 9.02. The van der Waals surface area contributed by atoms with Gasteiger partial charge in [0.25, 0.3) is 5.91 Å². The highest BCUT2D eigenvalue weighted by atomic mass is 16.5. The highest BCUT2D eigenvalue weighted by molar-refractivity contribution is 5.94. The monoisotopic (exact) mass is 343 g/mol. The van der Waals surface area contributed by atoms with E-state index >= 15 is 0 Å². The highest BCUT2D eigenvalue weighted by Gasteiger charge is 2.34. The Kier molecular flexibility index (Phi) is 5.31. The Balaban J connectivity index is 1.77. The zero-order chi connectivity index (χ0) is 17.8. The van der Waals surface area contributed by atoms with Gasteiger partial charge in [0.1, 0.15) is 5.82 Å². The molecule has 0 spiro atoms. The van der Waals surface area contributed by atoms with Crippen molar-refractivity contribution in [2.75, 3.05) is 24.5 Å². The summed E-state index contributed by atoms with van der Waals surface area (Å²) in [6.45, 7) is 8.64. The van der Waals surface area contributed by atoms with Crippen LogP contribution in [0.2, 0.25) is 0 Å². The Bertz CT molecular complexity index is 709. The van der Waals surface area contributed by atoms with E-state index in [0.717, 1.165) is 31.7 Å². The Morgan fingerprint density at radius 1 is 1.32 bits per heavy atom. The van der Waals surface area contributed by atoms with Gasteiger partial charge in [-0.2, -0.15) is 4.98 Å². The number of amides is 1. The predicted octanol–water partition coefficient (Wildman–Crippen LogP) is 2.85. The standard InChI is InChI=1S/C18H25N5O2/c1-4-16-20-17(21-25-16)14-8-7-11-23(14)18(24)13-9-10-15(19-12-13)22(5-2)6-3/h9-10,12,14H,4-8,11H2,1-3H3/t14-/m1/s1. The fourth-order valence-corrected chi connectivity index (χ4v) is 3.24. The molecule has 1 saturated heterocycles. The lowest BCUT2D eigenvalue weighted by Gasteiger charge is -2.23. The average molecular weight is 343 g/mol. The smallest absolute Gasteiger partial charge is 0.256 e. The first kappa shape index (κ1) is 17.4. The van der Waals surface area contributed by atoms with E-state index in [9.17, 15) is 4.79 Å². The number of carbonyl (C=O) groups excluding carboxylic acids is 1. The van der Waals surface area contributed by atoms with Crippen molar-refractivity contribution >= 4 is 11.7 Å². The molecule has 0 unspecified atom stereocenters. The molecule has 134 valence electrons. The molecule has 1 aliphatic heterocycles. The molecule has 0 saturated carbocycles. The molecule has 2 aromatic rings. The fourth-order valence-electron chi connectivity index (χ4n) is 3.24. The van der Waals surface area contributed by atoms with Crippen LogP contribution in [0.4, 0.5) is 5.82 Å². The van der Waals surface area contributed by atoms with E-state index in [1.54, 1.807) is 6.20 Å². The summed E-state index contributed by atoms with van der Waals surface area (Å²) in [5, 5.41) is 4.05. The number of hydrogen-bond acceptors (Lipinski definition) is 6. The number of aryl methyl sites for hydroxylation is 1. The van der Waals surface area contributed by atoms with E-state index in [1.165, 1.54) is 0 Å². The minimum absolute atomic E-state index is 0.0241. The van der Waals surface area contributed by atoms with Crippen LogP contribution in [0.3, 0.4) is 0 Å². The van der Waals surface area contributed by atoms with Crippen LogP contribution in [0, 0.1) is 0 Å². The van der Waals surface area contributed by atoms with Gasteiger partial charge >= 0.3 is 0 Å². The Labute approximate surface area is 148 Å². The van der Waals surface area contributed by atoms with Gasteiger partial charge < -0.3 is 14.3 Å². The van der Waals surface area contributed by atoms with E-state index in [1.807, 2.05) is 24.0 Å². The van der Waals surface area contributed by atoms with Gasteiger partial charge in [-0.3, -0.25) is 4.79 Å². The summed E-state index contributed by atoms with van der Waals surface area (Å²) in [6, 6.07) is 3.65. The molecule has 0 radical (unpaired) electrons. The van der Waals surface area contributed by atoms with Crippen molar-refractivity contribution < 1.29 is 9.32 Å². The number of nitrogens with zero attached hydrogens (tertiary/aromatic N) is 5. The Morgan fingerprint density at radius 2 is 2.12 bits per heavy atom. The second-order valence-corrected chi connectivity index (χ2v) is 6.13. The van der Waals surface area contributed by atoms with Crippen molar-refractivity contribution in [3.05, 3.63) is 35.6 Å². The largest absolute Gasteiger partial charge is 0.357 e. The van der Waals surface area contributed by atoms with Crippen LogP contribution in [0.5, 0.6) is 0 Å². The molecule has 0 bridgehead atoms. The molecule has 25 heavy (non-hydrogen) atoms. The zero-order valence-electron chi connectivity index (χ0n) is 15.1. The highest BCUT2D eigenvalue weighted by Crippen LogP contribution is 2.31. The molecule has 1 fully saturated rings. The number of carbonyl (C=O) groups is 1. The van der Waals surface area contributed by atoms with E-state index in [-0.39, 0.29) is 11.9 Å². The van der Waals surface area contributed by atoms with E-state index in [4.69, 9.17) is 4.52 Å². The predicted molar refractivity (Wildman–Crippen MR) is 94.5 cm³/mol. The van der Waals surface area contributed by atoms with Gasteiger partial charge in [-0.05, 0) is 38.8 Å². The summed E-state index contributed by atoms with van der Waals surface area (Å²) in [4.78, 5) is 25.8. The number of anilines is 1. The topological polar surface area (TPSA) is 75.4 Å². The van der Waals surface area contributed by atoms with Gasteiger partial charge in [0.2, 0.25) is 5.89 Å². The summed E-state index contributed by atoms with van der Waals surface area (Å²) < 4.78 is 5.21. The maximum absolute atomic E-state index is 12.9. The normalized spacial score (nSPS) is 17.1. The van der Waals surface area contributed by atoms with Gasteiger partial charge in [0.15, 0.2) is 5.82 Å². The van der Waals surface area contributed by atoms with Crippen LogP contribution < -0.4 is 4.90 Å². The summed E-state index contributed by atoms with van der Waals surface area (Å²) in [5.74, 6) is 2.09. The fraction of sp³-hybridized carbons (Fsp3) is 0.556. The lowest BCUT2D eigenvalue weighted by atomic mass is 10.2. The van der Waals surface area contributed by atoms with Crippen molar-refractivity contribution in [2.24, 2.45) is 0 Å². The number of hydrogen-bond donors (Lipinski definition) is 0. The minimum atomic E-state index is -0.112. The van der Waals surface area contributed by atoms with Crippen molar-refractivity contribution in [3.63, 3.8) is 0 Å². The molecule has 0 aromatic carbocycles. The summed E-state index contributed by atoms with van der Waals surface area (Å²) in [6.07, 6.45) is 4.17. The first-order valence-corrected chi connectivity index (χ1v) is 9.02. The van der Waals surface area contributed by atoms with Crippen molar-refractivity contribution in [3.8, 4) is 0 Å². The average Bonchev–Trinajstić information content (AvgIpc) is 3.31. The van der Waals surface area contributed by atoms with Crippen LogP contribution >= 0.6 is 0 Å². The van der Waals surface area contributed by atoms with Crippen LogP contribution in [-0.2, 0) is 6.42 Å². The molecule has 0 aliphatic carbocycles. The Morgan fingerprint density at radius 3 is 2.72 bits per heavy atom. The molecule has 1 aliphatic rings. The molecule has 1 amide bonds. The molecule has 3 rings (SSSR count). The third kappa shape index (κ3) is 3.50. The van der Waals surface area contributed by atoms with Crippen LogP contribution in [-0.4, -0.2) is 45.6 Å². The lowest BCUT2D eigenvalue weighted by Crippen LogP contribution is -2.31. The lowest BCUT2D eigenvalue weighted by molar-refractivity contribution is 0.0728. The van der Waals surface area contributed by atoms with Crippen molar-refractivity contribution in [1.29, 1.82) is 0 Å². The molecular formula is C18H25N5O2. The molecule has 3 heterocycles. The van der Waals surface area contributed by atoms with E-state index in [0.29, 0.717) is 30.2 Å². The maximum atomic E-state index is 12.9. The second-order valence-electron chi connectivity index (χ2n) is 6.13. The van der Waals surface area contributed by atoms with Gasteiger partial charge in [-0.25, -0.2) is 4.98 Å². The van der Waals surface area contributed by atoms with Crippen LogP contribution in [0.15, 0.2) is 22.9 Å². The first-order chi connectivity index (χ1) is 12.2. The second kappa shape index (κ2) is 7.63. The Hall–Kier alpha value is -2.44. The van der Waals surface area contributed by atoms with Crippen LogP contribution in [0.1, 0.15) is 61.7 Å². The molecule has 1 atom stereocenters. The van der Waals surface area contributed by atoms with Gasteiger partial charge in [0, 0.05) is 32.3 Å². The maximum Gasteiger partial charge on any atom is 0.256 e. The molecule has 7 heteroatoms. The summed E-state index contributed by atoms with van der Waals surface area (Å²) >= 11 is 0. The van der Waals surface area contributed by atoms with Gasteiger partial charge in [-0.15, -0.1) is 0 Å². The molecule has 7 nitrogen and oxygen atoms in total. The summed E-state index contributed by atoms with van der Waals surface area (Å²) in [5.41, 5.74) is 0.599. The van der Waals surface area contributed by atoms with Crippen molar-refractivity contribution in [2.45, 2.75) is 46.1 Å². The number of likely N-dealkylation sites (tertiary alicyclic amines) is 1. The number of pyridine rings is 1. The molecular weight excluding hydrogens is 318 g/mol. The van der Waals surface area contributed by atoms with Crippen molar-refractivity contribution in [1.82, 2.24) is 20.0 Å². The SMILES string of the molecule is CCc1nc([C@H]2CCCN2C(=O)c2ccc(N(CC)CC)nc2)no1. The third-order valence-corrected chi connectivity index (χ3v) is 4.68. The van der Waals surface area contributed by atoms with E-state index < -0.39 is 0 Å². The van der Waals surface area contributed by atoms with Gasteiger partial charge in [-0.1, -0.05) is 12.1 Å². The molecule has 2 aromatic heterocycles. The van der Waals surface area contributed by atoms with Gasteiger partial charge in [0.05, 0.1) is 11.6 Å². The minimum Gasteiger partial charge on any atom is -0.357 e. The zero-order valence-corrected chi connectivity index (χ0v) is 15.1. The summed E-state index contributed by atoms with van der Waals surface area (Å²) in [7, 11) is 0. The quantitative estimate of drug-likeness (QED) is 0.803. The van der Waals surface area contributed by atoms with E-state index in [2.05, 4.69) is 33.9 Å². The third-order valence-electron chi connectivity index (χ3n) is 4.68.